The van der Waals surface area contributed by atoms with E-state index >= 15 is 0 Å². The molecule has 18 heavy (non-hydrogen) atoms. The quantitative estimate of drug-likeness (QED) is 0.905. The molecule has 1 unspecified atom stereocenters. The Bertz CT molecular complexity index is 383. The summed E-state index contributed by atoms with van der Waals surface area (Å²) in [5, 5.41) is 10.6. The first-order valence-electron chi connectivity index (χ1n) is 6.70. The Hall–Kier alpha value is -0.0900. The van der Waals surface area contributed by atoms with Gasteiger partial charge in [0.1, 0.15) is 6.10 Å². The summed E-state index contributed by atoms with van der Waals surface area (Å²) in [4.78, 5) is 3.40. The first kappa shape index (κ1) is 14.3. The zero-order valence-corrected chi connectivity index (χ0v) is 12.7. The number of hydrogen-bond acceptors (Lipinski definition) is 3. The topological polar surface area (TPSA) is 23.5 Å². The van der Waals surface area contributed by atoms with Crippen LogP contribution >= 0.6 is 22.9 Å². The molecule has 1 aromatic heterocycles. The van der Waals surface area contributed by atoms with Crippen LogP contribution in [0.25, 0.3) is 0 Å². The monoisotopic (exact) mass is 287 g/mol. The van der Waals surface area contributed by atoms with Gasteiger partial charge in [-0.15, -0.1) is 11.3 Å². The van der Waals surface area contributed by atoms with Gasteiger partial charge in [0, 0.05) is 10.4 Å². The van der Waals surface area contributed by atoms with E-state index in [9.17, 15) is 5.11 Å². The summed E-state index contributed by atoms with van der Waals surface area (Å²) in [7, 11) is 0. The molecule has 0 radical (unpaired) electrons. The largest absolute Gasteiger partial charge is 0.386 e. The minimum absolute atomic E-state index is 0.224. The van der Waals surface area contributed by atoms with Gasteiger partial charge in [0.25, 0.3) is 0 Å². The highest BCUT2D eigenvalue weighted by Crippen LogP contribution is 2.37. The maximum absolute atomic E-state index is 10.6. The van der Waals surface area contributed by atoms with E-state index in [1.807, 2.05) is 12.1 Å². The van der Waals surface area contributed by atoms with Crippen LogP contribution in [-0.2, 0) is 0 Å². The average Bonchev–Trinajstić information content (AvgIpc) is 2.61. The molecule has 2 nitrogen and oxygen atoms in total. The minimum atomic E-state index is -0.465. The zero-order valence-electron chi connectivity index (χ0n) is 11.2. The molecule has 1 saturated heterocycles. The first-order valence-corrected chi connectivity index (χ1v) is 7.89. The van der Waals surface area contributed by atoms with Gasteiger partial charge in [-0.25, -0.2) is 0 Å². The zero-order chi connectivity index (χ0) is 13.2. The van der Waals surface area contributed by atoms with Crippen molar-refractivity contribution in [2.45, 2.75) is 51.2 Å². The molecule has 1 aromatic rings. The summed E-state index contributed by atoms with van der Waals surface area (Å²) < 4.78 is 0.746. The number of thiophene rings is 1. The minimum Gasteiger partial charge on any atom is -0.386 e. The van der Waals surface area contributed by atoms with Gasteiger partial charge in [0.2, 0.25) is 0 Å². The predicted octanol–water partition coefficient (Wildman–Crippen LogP) is 4.09. The summed E-state index contributed by atoms with van der Waals surface area (Å²) in [5.41, 5.74) is -0.224. The van der Waals surface area contributed by atoms with Crippen LogP contribution in [0.2, 0.25) is 4.34 Å². The third-order valence-electron chi connectivity index (χ3n) is 3.95. The van der Waals surface area contributed by atoms with Crippen molar-refractivity contribution < 1.29 is 5.11 Å². The van der Waals surface area contributed by atoms with E-state index < -0.39 is 6.10 Å². The SMILES string of the molecule is CC(C)(C(O)c1ccc(Cl)s1)N1CCCCCC1. The van der Waals surface area contributed by atoms with Crippen molar-refractivity contribution in [1.29, 1.82) is 0 Å². The van der Waals surface area contributed by atoms with Gasteiger partial charge in [0.05, 0.1) is 4.34 Å². The van der Waals surface area contributed by atoms with Gasteiger partial charge in [-0.3, -0.25) is 4.90 Å². The lowest BCUT2D eigenvalue weighted by atomic mass is 9.93. The highest BCUT2D eigenvalue weighted by atomic mass is 35.5. The maximum atomic E-state index is 10.6. The van der Waals surface area contributed by atoms with Crippen LogP contribution in [0.1, 0.15) is 50.5 Å². The van der Waals surface area contributed by atoms with Gasteiger partial charge in [-0.05, 0) is 51.9 Å². The fourth-order valence-electron chi connectivity index (χ4n) is 2.64. The number of aliphatic hydroxyl groups is 1. The van der Waals surface area contributed by atoms with Crippen LogP contribution in [0.15, 0.2) is 12.1 Å². The van der Waals surface area contributed by atoms with E-state index in [2.05, 4.69) is 18.7 Å². The number of hydrogen-bond donors (Lipinski definition) is 1. The molecule has 0 spiro atoms. The molecule has 1 fully saturated rings. The summed E-state index contributed by atoms with van der Waals surface area (Å²) in [6, 6.07) is 3.81. The van der Waals surface area contributed by atoms with Crippen molar-refractivity contribution in [3.63, 3.8) is 0 Å². The Labute approximate surface area is 119 Å². The number of rotatable bonds is 3. The molecule has 0 aromatic carbocycles. The van der Waals surface area contributed by atoms with Crippen LogP contribution in [0.3, 0.4) is 0 Å². The lowest BCUT2D eigenvalue weighted by Crippen LogP contribution is -2.48. The highest BCUT2D eigenvalue weighted by molar-refractivity contribution is 7.16. The molecular formula is C14H22ClNOS. The van der Waals surface area contributed by atoms with Crippen molar-refractivity contribution in [2.75, 3.05) is 13.1 Å². The number of nitrogens with zero attached hydrogens (tertiary/aromatic N) is 1. The Morgan fingerprint density at radius 1 is 1.22 bits per heavy atom. The average molecular weight is 288 g/mol. The molecule has 0 saturated carbocycles. The number of likely N-dealkylation sites (tertiary alicyclic amines) is 1. The lowest BCUT2D eigenvalue weighted by Gasteiger charge is -2.41. The summed E-state index contributed by atoms with van der Waals surface area (Å²) in [5.74, 6) is 0. The third-order valence-corrected chi connectivity index (χ3v) is 5.24. The van der Waals surface area contributed by atoms with E-state index in [1.165, 1.54) is 37.0 Å². The summed E-state index contributed by atoms with van der Waals surface area (Å²) in [6.07, 6.45) is 4.64. The molecule has 0 aliphatic carbocycles. The number of halogens is 1. The van der Waals surface area contributed by atoms with E-state index in [-0.39, 0.29) is 5.54 Å². The standard InChI is InChI=1S/C14H22ClNOS/c1-14(2,16-9-5-3-4-6-10-16)13(17)11-7-8-12(15)18-11/h7-8,13,17H,3-6,9-10H2,1-2H3. The van der Waals surface area contributed by atoms with E-state index in [0.717, 1.165) is 22.3 Å². The molecule has 1 atom stereocenters. The maximum Gasteiger partial charge on any atom is 0.106 e. The Morgan fingerprint density at radius 2 is 1.83 bits per heavy atom. The van der Waals surface area contributed by atoms with Crippen molar-refractivity contribution in [3.8, 4) is 0 Å². The molecule has 102 valence electrons. The van der Waals surface area contributed by atoms with Gasteiger partial charge in [-0.2, -0.15) is 0 Å². The molecule has 0 bridgehead atoms. The third kappa shape index (κ3) is 3.08. The van der Waals surface area contributed by atoms with Gasteiger partial charge >= 0.3 is 0 Å². The smallest absolute Gasteiger partial charge is 0.106 e. The highest BCUT2D eigenvalue weighted by Gasteiger charge is 2.36. The molecule has 1 aliphatic heterocycles. The Balaban J connectivity index is 2.13. The first-order chi connectivity index (χ1) is 8.51. The van der Waals surface area contributed by atoms with Gasteiger partial charge < -0.3 is 5.11 Å². The van der Waals surface area contributed by atoms with Gasteiger partial charge in [0.15, 0.2) is 0 Å². The van der Waals surface area contributed by atoms with Crippen LogP contribution in [0.4, 0.5) is 0 Å². The molecule has 2 heterocycles. The van der Waals surface area contributed by atoms with Crippen molar-refractivity contribution in [2.24, 2.45) is 0 Å². The van der Waals surface area contributed by atoms with E-state index in [0.29, 0.717) is 0 Å². The fourth-order valence-corrected chi connectivity index (χ4v) is 3.87. The normalized spacial score (nSPS) is 20.7. The second kappa shape index (κ2) is 5.91. The van der Waals surface area contributed by atoms with Crippen LogP contribution < -0.4 is 0 Å². The molecule has 4 heteroatoms. The Morgan fingerprint density at radius 3 is 2.33 bits per heavy atom. The summed E-state index contributed by atoms with van der Waals surface area (Å²) >= 11 is 7.44. The summed E-state index contributed by atoms with van der Waals surface area (Å²) in [6.45, 7) is 6.44. The molecule has 1 aliphatic rings. The Kier molecular flexibility index (Phi) is 4.70. The molecular weight excluding hydrogens is 266 g/mol. The van der Waals surface area contributed by atoms with E-state index in [1.54, 1.807) is 0 Å². The second-order valence-corrected chi connectivity index (χ2v) is 7.35. The van der Waals surface area contributed by atoms with Crippen molar-refractivity contribution in [1.82, 2.24) is 4.90 Å². The second-order valence-electron chi connectivity index (χ2n) is 5.60. The van der Waals surface area contributed by atoms with Crippen LogP contribution in [0, 0.1) is 0 Å². The molecule has 1 N–H and O–H groups in total. The van der Waals surface area contributed by atoms with Gasteiger partial charge in [-0.1, -0.05) is 24.4 Å². The molecule has 0 amide bonds. The van der Waals surface area contributed by atoms with Crippen molar-refractivity contribution in [3.05, 3.63) is 21.3 Å². The lowest BCUT2D eigenvalue weighted by molar-refractivity contribution is -0.00802. The van der Waals surface area contributed by atoms with Crippen LogP contribution in [0.5, 0.6) is 0 Å². The molecule has 2 rings (SSSR count). The van der Waals surface area contributed by atoms with E-state index in [4.69, 9.17) is 11.6 Å². The predicted molar refractivity (Wildman–Crippen MR) is 78.4 cm³/mol. The van der Waals surface area contributed by atoms with Crippen molar-refractivity contribution >= 4 is 22.9 Å². The fraction of sp³-hybridized carbons (Fsp3) is 0.714. The van der Waals surface area contributed by atoms with Crippen LogP contribution in [-0.4, -0.2) is 28.6 Å². The number of aliphatic hydroxyl groups excluding tert-OH is 1.